The summed E-state index contributed by atoms with van der Waals surface area (Å²) in [7, 11) is 0. The molecule has 6 unspecified atom stereocenters. The van der Waals surface area contributed by atoms with Crippen LogP contribution in [0.4, 0.5) is 0 Å². The number of carboxylic acid groups (broad SMARTS) is 1. The molecule has 0 radical (unpaired) electrons. The topological polar surface area (TPSA) is 116 Å². The molecule has 0 aromatic carbocycles. The van der Waals surface area contributed by atoms with Crippen molar-refractivity contribution in [3.05, 3.63) is 22.8 Å². The first-order valence-corrected chi connectivity index (χ1v) is 11.4. The maximum atomic E-state index is 13.9. The van der Waals surface area contributed by atoms with Crippen molar-refractivity contribution in [3.63, 3.8) is 0 Å². The number of aliphatic carboxylic acids is 1. The summed E-state index contributed by atoms with van der Waals surface area (Å²) in [5, 5.41) is 10.5. The van der Waals surface area contributed by atoms with Crippen LogP contribution in [0.1, 0.15) is 60.8 Å². The third-order valence-corrected chi connectivity index (χ3v) is 9.43. The van der Waals surface area contributed by atoms with E-state index in [9.17, 15) is 24.3 Å². The summed E-state index contributed by atoms with van der Waals surface area (Å²) in [5.74, 6) is -3.07. The maximum Gasteiger partial charge on any atom is 0.323 e. The monoisotopic (exact) mass is 458 g/mol. The van der Waals surface area contributed by atoms with E-state index < -0.39 is 57.2 Å². The first-order valence-electron chi connectivity index (χ1n) is 11.4. The van der Waals surface area contributed by atoms with Crippen molar-refractivity contribution in [2.75, 3.05) is 6.61 Å². The fourth-order valence-electron chi connectivity index (χ4n) is 7.78. The van der Waals surface area contributed by atoms with E-state index in [1.54, 1.807) is 13.8 Å². The van der Waals surface area contributed by atoms with E-state index in [-0.39, 0.29) is 25.4 Å². The zero-order valence-corrected chi connectivity index (χ0v) is 19.9. The molecule has 0 aromatic rings. The largest absolute Gasteiger partial charge is 0.481 e. The number of cyclic esters (lactones) is 2. The summed E-state index contributed by atoms with van der Waals surface area (Å²) in [6, 6.07) is 0. The van der Waals surface area contributed by atoms with E-state index in [1.807, 2.05) is 33.8 Å². The number of hydrogen-bond acceptors (Lipinski definition) is 7. The van der Waals surface area contributed by atoms with Crippen molar-refractivity contribution < 1.29 is 38.5 Å². The number of ketones is 1. The van der Waals surface area contributed by atoms with Gasteiger partial charge in [0.1, 0.15) is 23.9 Å². The first kappa shape index (κ1) is 22.3. The molecule has 5 aliphatic rings. The van der Waals surface area contributed by atoms with Gasteiger partial charge in [-0.25, -0.2) is 0 Å². The lowest BCUT2D eigenvalue weighted by molar-refractivity contribution is -0.225. The molecule has 8 nitrogen and oxygen atoms in total. The molecule has 2 aliphatic carbocycles. The molecule has 4 fully saturated rings. The number of rotatable bonds is 1. The van der Waals surface area contributed by atoms with Crippen LogP contribution in [0.2, 0.25) is 0 Å². The van der Waals surface area contributed by atoms with Crippen LogP contribution in [0, 0.1) is 22.2 Å². The molecule has 1 N–H and O–H groups in total. The van der Waals surface area contributed by atoms with Gasteiger partial charge in [0.15, 0.2) is 11.2 Å². The summed E-state index contributed by atoms with van der Waals surface area (Å²) >= 11 is 0. The number of esters is 2. The predicted molar refractivity (Wildman–Crippen MR) is 114 cm³/mol. The summed E-state index contributed by atoms with van der Waals surface area (Å²) in [6.07, 6.45) is 1.59. The highest BCUT2D eigenvalue weighted by Crippen LogP contribution is 2.74. The molecule has 0 aromatic heterocycles. The highest BCUT2D eigenvalue weighted by Gasteiger charge is 2.88. The lowest BCUT2D eigenvalue weighted by Gasteiger charge is -2.60. The number of carboxylic acids is 1. The van der Waals surface area contributed by atoms with Crippen LogP contribution in [0.15, 0.2) is 22.8 Å². The number of carbonyl (C=O) groups is 4. The van der Waals surface area contributed by atoms with Gasteiger partial charge in [0, 0.05) is 5.41 Å². The summed E-state index contributed by atoms with van der Waals surface area (Å²) < 4.78 is 17.3. The van der Waals surface area contributed by atoms with Gasteiger partial charge in [-0.2, -0.15) is 0 Å². The van der Waals surface area contributed by atoms with Crippen molar-refractivity contribution in [1.82, 2.24) is 0 Å². The number of hydrogen-bond donors (Lipinski definition) is 1. The minimum atomic E-state index is -1.77. The fraction of sp³-hybridized carbons (Fsp3) is 0.680. The van der Waals surface area contributed by atoms with Crippen molar-refractivity contribution >= 4 is 23.7 Å². The van der Waals surface area contributed by atoms with Crippen molar-refractivity contribution in [3.8, 4) is 0 Å². The smallest absolute Gasteiger partial charge is 0.323 e. The second-order valence-electron chi connectivity index (χ2n) is 11.2. The summed E-state index contributed by atoms with van der Waals surface area (Å²) in [4.78, 5) is 52.8. The molecule has 0 amide bonds. The van der Waals surface area contributed by atoms with Gasteiger partial charge in [-0.15, -0.1) is 0 Å². The van der Waals surface area contributed by atoms with Gasteiger partial charge in [-0.1, -0.05) is 18.6 Å². The van der Waals surface area contributed by atoms with E-state index in [4.69, 9.17) is 14.2 Å². The molecule has 5 rings (SSSR count). The highest BCUT2D eigenvalue weighted by molar-refractivity contribution is 6.12. The molecule has 3 heterocycles. The van der Waals surface area contributed by atoms with Crippen LogP contribution >= 0.6 is 0 Å². The Balaban J connectivity index is 1.86. The van der Waals surface area contributed by atoms with Gasteiger partial charge in [0.05, 0.1) is 11.8 Å². The summed E-state index contributed by atoms with van der Waals surface area (Å²) in [6.45, 7) is 10.3. The standard InChI is InChI=1S/C25H30O8/c1-12-14-9-17(26)33-21(3,4)15(14)7-8-22(5)16(12)10-23(6,19(28)29)24-11-31-20(30)25(22,24)18(27)13(2)32-24/h7,13,16H,8-11H2,1-6H3,(H,28,29). The van der Waals surface area contributed by atoms with Gasteiger partial charge in [0.25, 0.3) is 0 Å². The molecular formula is C25H30O8. The van der Waals surface area contributed by atoms with Gasteiger partial charge >= 0.3 is 17.9 Å². The fourth-order valence-corrected chi connectivity index (χ4v) is 7.78. The number of ether oxygens (including phenoxy) is 3. The molecule has 33 heavy (non-hydrogen) atoms. The van der Waals surface area contributed by atoms with Crippen molar-refractivity contribution in [2.24, 2.45) is 22.2 Å². The Labute approximate surface area is 192 Å². The third-order valence-electron chi connectivity index (χ3n) is 9.43. The van der Waals surface area contributed by atoms with Crippen LogP contribution in [-0.2, 0) is 33.4 Å². The Morgan fingerprint density at radius 2 is 1.82 bits per heavy atom. The third kappa shape index (κ3) is 2.17. The minimum Gasteiger partial charge on any atom is -0.481 e. The molecule has 0 spiro atoms. The predicted octanol–water partition coefficient (Wildman–Crippen LogP) is 2.75. The normalized spacial score (nSPS) is 45.8. The number of Topliss-reactive ketones (excluding diaryl/α,β-unsaturated/α-hetero) is 1. The number of carbonyl (C=O) groups excluding carboxylic acids is 3. The number of fused-ring (bicyclic) bond motifs is 2. The zero-order chi connectivity index (χ0) is 24.4. The van der Waals surface area contributed by atoms with Crippen LogP contribution in [0.5, 0.6) is 0 Å². The van der Waals surface area contributed by atoms with E-state index in [2.05, 4.69) is 0 Å². The Kier molecular flexibility index (Phi) is 4.15. The van der Waals surface area contributed by atoms with Crippen LogP contribution in [0.25, 0.3) is 0 Å². The first-order chi connectivity index (χ1) is 15.2. The average molecular weight is 459 g/mol. The van der Waals surface area contributed by atoms with E-state index in [1.165, 1.54) is 0 Å². The number of allylic oxidation sites excluding steroid dienone is 2. The maximum absolute atomic E-state index is 13.9. The molecule has 6 atom stereocenters. The van der Waals surface area contributed by atoms with E-state index >= 15 is 0 Å². The van der Waals surface area contributed by atoms with Crippen molar-refractivity contribution in [1.29, 1.82) is 0 Å². The molecular weight excluding hydrogens is 428 g/mol. The summed E-state index contributed by atoms with van der Waals surface area (Å²) in [5.41, 5.74) is -4.32. The van der Waals surface area contributed by atoms with Gasteiger partial charge in [-0.3, -0.25) is 19.2 Å². The molecule has 3 aliphatic heterocycles. The second kappa shape index (κ2) is 6.14. The second-order valence-corrected chi connectivity index (χ2v) is 11.2. The van der Waals surface area contributed by atoms with E-state index in [0.717, 1.165) is 16.7 Å². The Morgan fingerprint density at radius 3 is 2.45 bits per heavy atom. The quantitative estimate of drug-likeness (QED) is 0.471. The van der Waals surface area contributed by atoms with Crippen molar-refractivity contribution in [2.45, 2.75) is 78.1 Å². The highest BCUT2D eigenvalue weighted by atomic mass is 16.6. The molecule has 178 valence electrons. The van der Waals surface area contributed by atoms with E-state index in [0.29, 0.717) is 6.42 Å². The lowest BCUT2D eigenvalue weighted by Crippen LogP contribution is -2.72. The van der Waals surface area contributed by atoms with Crippen LogP contribution in [0.3, 0.4) is 0 Å². The Morgan fingerprint density at radius 1 is 1.15 bits per heavy atom. The molecule has 8 heteroatoms. The Bertz CT molecular complexity index is 1100. The zero-order valence-electron chi connectivity index (χ0n) is 19.9. The molecule has 1 saturated carbocycles. The lowest BCUT2D eigenvalue weighted by atomic mass is 9.39. The van der Waals surface area contributed by atoms with Crippen LogP contribution < -0.4 is 0 Å². The van der Waals surface area contributed by atoms with Gasteiger partial charge < -0.3 is 19.3 Å². The van der Waals surface area contributed by atoms with Gasteiger partial charge in [0.2, 0.25) is 0 Å². The molecule has 0 bridgehead atoms. The van der Waals surface area contributed by atoms with Gasteiger partial charge in [-0.05, 0) is 64.5 Å². The van der Waals surface area contributed by atoms with Crippen LogP contribution in [-0.4, -0.2) is 52.7 Å². The minimum absolute atomic E-state index is 0.0703. The molecule has 3 saturated heterocycles. The SMILES string of the molecule is CC1=C2CC(=O)OC(C)(C)C2=CCC2(C)C1CC(C)(C(=O)O)C13COC(=O)C21C(=O)C(C)O3. The Hall–Kier alpha value is -2.48. The average Bonchev–Trinajstić information content (AvgIpc) is 3.11.